The van der Waals surface area contributed by atoms with Crippen molar-refractivity contribution in [1.82, 2.24) is 15.3 Å². The number of rotatable bonds is 5. The van der Waals surface area contributed by atoms with Gasteiger partial charge >= 0.3 is 0 Å². The van der Waals surface area contributed by atoms with Gasteiger partial charge in [-0.1, -0.05) is 6.07 Å². The molecule has 0 spiro atoms. The highest BCUT2D eigenvalue weighted by molar-refractivity contribution is 5.77. The summed E-state index contributed by atoms with van der Waals surface area (Å²) in [6, 6.07) is 7.51. The zero-order valence-electron chi connectivity index (χ0n) is 15.4. The van der Waals surface area contributed by atoms with Crippen molar-refractivity contribution < 1.29 is 19.2 Å². The van der Waals surface area contributed by atoms with Gasteiger partial charge in [0.2, 0.25) is 12.7 Å². The second-order valence-corrected chi connectivity index (χ2v) is 6.86. The van der Waals surface area contributed by atoms with Crippen molar-refractivity contribution in [3.05, 3.63) is 42.2 Å². The van der Waals surface area contributed by atoms with Crippen LogP contribution < -0.4 is 24.6 Å². The number of nitrogens with zero attached hydrogens (tertiary/aromatic N) is 3. The fourth-order valence-corrected chi connectivity index (χ4v) is 3.44. The van der Waals surface area contributed by atoms with E-state index < -0.39 is 0 Å². The molecule has 2 aromatic rings. The van der Waals surface area contributed by atoms with Crippen molar-refractivity contribution in [2.75, 3.05) is 44.4 Å². The first-order chi connectivity index (χ1) is 13.2. The Balaban J connectivity index is 1.26. The van der Waals surface area contributed by atoms with Crippen LogP contribution in [0.3, 0.4) is 0 Å². The minimum absolute atomic E-state index is 0.0552. The number of hydrogen-bond donors (Lipinski definition) is 2. The number of amides is 1. The van der Waals surface area contributed by atoms with Crippen LogP contribution in [0.4, 0.5) is 5.95 Å². The molecule has 8 heteroatoms. The molecule has 1 fully saturated rings. The molecule has 8 nitrogen and oxygen atoms in total. The third-order valence-corrected chi connectivity index (χ3v) is 4.99. The third-order valence-electron chi connectivity index (χ3n) is 4.99. The van der Waals surface area contributed by atoms with Crippen LogP contribution in [0.2, 0.25) is 0 Å². The molecule has 0 bridgehead atoms. The lowest BCUT2D eigenvalue weighted by molar-refractivity contribution is -0.892. The zero-order valence-corrected chi connectivity index (χ0v) is 15.4. The zero-order chi connectivity index (χ0) is 18.6. The molecule has 1 saturated heterocycles. The van der Waals surface area contributed by atoms with Gasteiger partial charge in [0.1, 0.15) is 0 Å². The molecule has 3 heterocycles. The first-order valence-corrected chi connectivity index (χ1v) is 9.23. The highest BCUT2D eigenvalue weighted by atomic mass is 16.7. The summed E-state index contributed by atoms with van der Waals surface area (Å²) < 4.78 is 10.7. The van der Waals surface area contributed by atoms with Crippen LogP contribution in [0.25, 0.3) is 0 Å². The molecule has 142 valence electrons. The summed E-state index contributed by atoms with van der Waals surface area (Å²) in [5.74, 6) is 2.30. The molecule has 1 aromatic heterocycles. The van der Waals surface area contributed by atoms with Crippen LogP contribution in [-0.4, -0.2) is 55.4 Å². The fraction of sp³-hybridized carbons (Fsp3) is 0.421. The lowest BCUT2D eigenvalue weighted by atomic mass is 10.1. The maximum absolute atomic E-state index is 12.5. The summed E-state index contributed by atoms with van der Waals surface area (Å²) >= 11 is 0. The van der Waals surface area contributed by atoms with Crippen LogP contribution in [0.1, 0.15) is 18.5 Å². The Kier molecular flexibility index (Phi) is 5.06. The molecule has 2 aliphatic rings. The van der Waals surface area contributed by atoms with Gasteiger partial charge in [0.15, 0.2) is 18.0 Å². The van der Waals surface area contributed by atoms with E-state index in [4.69, 9.17) is 9.47 Å². The lowest BCUT2D eigenvalue weighted by Gasteiger charge is -2.31. The van der Waals surface area contributed by atoms with Crippen molar-refractivity contribution in [1.29, 1.82) is 0 Å². The number of anilines is 1. The Morgan fingerprint density at radius 2 is 1.96 bits per heavy atom. The first-order valence-electron chi connectivity index (χ1n) is 9.23. The minimum Gasteiger partial charge on any atom is -0.454 e. The smallest absolute Gasteiger partial charge is 0.275 e. The van der Waals surface area contributed by atoms with E-state index >= 15 is 0 Å². The number of carbonyl (C=O) groups excluding carboxylic acids is 1. The minimum atomic E-state index is -0.0783. The Bertz CT molecular complexity index is 793. The standard InChI is InChI=1S/C19H23N5O3/c1-14(15-3-4-16-17(11-15)27-13-26-16)22-18(25)12-23-7-9-24(10-8-23)19-20-5-2-6-21-19/h2-6,11,14H,7-10,12-13H2,1H3,(H,22,25)/p+1/t14-/m0/s1. The van der Waals surface area contributed by atoms with Gasteiger partial charge in [-0.2, -0.15) is 0 Å². The van der Waals surface area contributed by atoms with Crippen LogP contribution in [-0.2, 0) is 4.79 Å². The fourth-order valence-electron chi connectivity index (χ4n) is 3.44. The lowest BCUT2D eigenvalue weighted by Crippen LogP contribution is -3.16. The number of nitrogens with one attached hydrogen (secondary N) is 2. The number of hydrogen-bond acceptors (Lipinski definition) is 6. The summed E-state index contributed by atoms with van der Waals surface area (Å²) in [6.45, 7) is 6.19. The van der Waals surface area contributed by atoms with Gasteiger partial charge < -0.3 is 24.6 Å². The van der Waals surface area contributed by atoms with Gasteiger partial charge in [0.05, 0.1) is 32.2 Å². The summed E-state index contributed by atoms with van der Waals surface area (Å²) in [5, 5.41) is 3.08. The van der Waals surface area contributed by atoms with E-state index in [2.05, 4.69) is 20.2 Å². The van der Waals surface area contributed by atoms with Gasteiger partial charge in [-0.05, 0) is 30.7 Å². The monoisotopic (exact) mass is 370 g/mol. The quantitative estimate of drug-likeness (QED) is 0.758. The summed E-state index contributed by atoms with van der Waals surface area (Å²) in [4.78, 5) is 24.5. The number of aromatic nitrogens is 2. The molecule has 1 amide bonds. The largest absolute Gasteiger partial charge is 0.454 e. The number of ether oxygens (including phenoxy) is 2. The predicted octanol–water partition coefficient (Wildman–Crippen LogP) is -0.212. The van der Waals surface area contributed by atoms with Gasteiger partial charge in [-0.15, -0.1) is 0 Å². The summed E-state index contributed by atoms with van der Waals surface area (Å²) in [6.07, 6.45) is 3.51. The maximum Gasteiger partial charge on any atom is 0.275 e. The van der Waals surface area contributed by atoms with E-state index in [0.717, 1.165) is 49.2 Å². The topological polar surface area (TPSA) is 81.0 Å². The second kappa shape index (κ2) is 7.79. The molecule has 1 atom stereocenters. The summed E-state index contributed by atoms with van der Waals surface area (Å²) in [5.41, 5.74) is 1.01. The van der Waals surface area contributed by atoms with E-state index in [9.17, 15) is 4.79 Å². The van der Waals surface area contributed by atoms with Crippen molar-refractivity contribution in [3.63, 3.8) is 0 Å². The first kappa shape index (κ1) is 17.5. The number of carbonyl (C=O) groups is 1. The number of piperazine rings is 1. The van der Waals surface area contributed by atoms with Crippen molar-refractivity contribution in [3.8, 4) is 11.5 Å². The molecule has 2 N–H and O–H groups in total. The van der Waals surface area contributed by atoms with Crippen LogP contribution >= 0.6 is 0 Å². The average Bonchev–Trinajstić information content (AvgIpc) is 3.17. The molecule has 27 heavy (non-hydrogen) atoms. The Morgan fingerprint density at radius 1 is 1.22 bits per heavy atom. The molecule has 2 aliphatic heterocycles. The van der Waals surface area contributed by atoms with E-state index in [0.29, 0.717) is 6.54 Å². The molecular weight excluding hydrogens is 346 g/mol. The van der Waals surface area contributed by atoms with E-state index in [-0.39, 0.29) is 18.7 Å². The van der Waals surface area contributed by atoms with Crippen LogP contribution in [0, 0.1) is 0 Å². The Labute approximate surface area is 158 Å². The van der Waals surface area contributed by atoms with E-state index in [1.54, 1.807) is 12.4 Å². The van der Waals surface area contributed by atoms with Gasteiger partial charge in [0.25, 0.3) is 5.91 Å². The van der Waals surface area contributed by atoms with Gasteiger partial charge in [0, 0.05) is 12.4 Å². The predicted molar refractivity (Wildman–Crippen MR) is 98.9 cm³/mol. The molecule has 0 unspecified atom stereocenters. The van der Waals surface area contributed by atoms with Crippen molar-refractivity contribution >= 4 is 11.9 Å². The van der Waals surface area contributed by atoms with Crippen LogP contribution in [0.5, 0.6) is 11.5 Å². The molecule has 0 saturated carbocycles. The second-order valence-electron chi connectivity index (χ2n) is 6.86. The molecule has 1 aromatic carbocycles. The summed E-state index contributed by atoms with van der Waals surface area (Å²) in [7, 11) is 0. The van der Waals surface area contributed by atoms with Crippen molar-refractivity contribution in [2.45, 2.75) is 13.0 Å². The van der Waals surface area contributed by atoms with Crippen molar-refractivity contribution in [2.24, 2.45) is 0 Å². The van der Waals surface area contributed by atoms with E-state index in [1.165, 1.54) is 4.90 Å². The third kappa shape index (κ3) is 4.11. The average molecular weight is 370 g/mol. The molecule has 4 rings (SSSR count). The molecular formula is C19H24N5O3+. The van der Waals surface area contributed by atoms with E-state index in [1.807, 2.05) is 31.2 Å². The Hall–Kier alpha value is -2.87. The van der Waals surface area contributed by atoms with Gasteiger partial charge in [-0.25, -0.2) is 9.97 Å². The van der Waals surface area contributed by atoms with Crippen LogP contribution in [0.15, 0.2) is 36.7 Å². The molecule has 0 radical (unpaired) electrons. The maximum atomic E-state index is 12.5. The number of benzene rings is 1. The SMILES string of the molecule is C[C@H](NC(=O)C[NH+]1CCN(c2ncccn2)CC1)c1ccc2c(c1)OCO2. The highest BCUT2D eigenvalue weighted by Crippen LogP contribution is 2.34. The number of fused-ring (bicyclic) bond motifs is 1. The number of quaternary nitrogens is 1. The Morgan fingerprint density at radius 3 is 2.74 bits per heavy atom. The highest BCUT2D eigenvalue weighted by Gasteiger charge is 2.24. The van der Waals surface area contributed by atoms with Gasteiger partial charge in [-0.3, -0.25) is 4.79 Å². The normalized spacial score (nSPS) is 17.6. The molecule has 0 aliphatic carbocycles.